The molecule has 2 aromatic carbocycles. The van der Waals surface area contributed by atoms with Gasteiger partial charge in [0.05, 0.1) is 0 Å². The Labute approximate surface area is 141 Å². The van der Waals surface area contributed by atoms with E-state index in [9.17, 15) is 0 Å². The number of rotatable bonds is 6. The smallest absolute Gasteiger partial charge is 0.142 e. The van der Waals surface area contributed by atoms with E-state index in [-0.39, 0.29) is 0 Å². The number of hydrogen-bond donors (Lipinski definition) is 0. The summed E-state index contributed by atoms with van der Waals surface area (Å²) >= 11 is 0. The van der Waals surface area contributed by atoms with Crippen molar-refractivity contribution < 1.29 is 9.68 Å². The molecule has 0 unspecified atom stereocenters. The minimum Gasteiger partial charge on any atom is -0.390 e. The first-order valence-corrected chi connectivity index (χ1v) is 7.75. The van der Waals surface area contributed by atoms with Crippen LogP contribution < -0.4 is 0 Å². The van der Waals surface area contributed by atoms with E-state index >= 15 is 0 Å². The van der Waals surface area contributed by atoms with E-state index in [0.717, 1.165) is 11.1 Å². The Kier molecular flexibility index (Phi) is 5.56. The van der Waals surface area contributed by atoms with Crippen LogP contribution in [-0.2, 0) is 22.9 Å². The Morgan fingerprint density at radius 3 is 1.42 bits per heavy atom. The molecule has 1 aliphatic rings. The maximum atomic E-state index is 5.42. The van der Waals surface area contributed by atoms with E-state index in [0.29, 0.717) is 24.6 Å². The molecule has 24 heavy (non-hydrogen) atoms. The molecular formula is C20H18N2O2. The number of hydrogen-bond acceptors (Lipinski definition) is 4. The van der Waals surface area contributed by atoms with Gasteiger partial charge in [0, 0.05) is 0 Å². The van der Waals surface area contributed by atoms with Crippen LogP contribution in [0, 0.1) is 0 Å². The summed E-state index contributed by atoms with van der Waals surface area (Å²) in [5.74, 6) is 0. The van der Waals surface area contributed by atoms with Gasteiger partial charge in [-0.25, -0.2) is 0 Å². The van der Waals surface area contributed by atoms with Crippen molar-refractivity contribution in [3.8, 4) is 0 Å². The number of oxime groups is 2. The average Bonchev–Trinajstić information content (AvgIpc) is 2.65. The number of benzene rings is 2. The van der Waals surface area contributed by atoms with E-state index in [1.807, 2.05) is 85.0 Å². The summed E-state index contributed by atoms with van der Waals surface area (Å²) in [5.41, 5.74) is 3.41. The minimum atomic E-state index is 0.417. The third-order valence-electron chi connectivity index (χ3n) is 3.36. The van der Waals surface area contributed by atoms with Crippen molar-refractivity contribution in [3.63, 3.8) is 0 Å². The SMILES string of the molecule is C1=CC(=NOCc2ccccc2)C(=NOCc2ccccc2)C=C1. The zero-order chi connectivity index (χ0) is 16.5. The fraction of sp³-hybridized carbons (Fsp3) is 0.100. The van der Waals surface area contributed by atoms with E-state index in [1.54, 1.807) is 0 Å². The topological polar surface area (TPSA) is 43.2 Å². The Bertz CT molecular complexity index is 695. The van der Waals surface area contributed by atoms with Gasteiger partial charge in [-0.05, 0) is 23.3 Å². The highest BCUT2D eigenvalue weighted by Gasteiger charge is 2.08. The predicted octanol–water partition coefficient (Wildman–Crippen LogP) is 4.26. The molecule has 0 aromatic heterocycles. The second kappa shape index (κ2) is 8.48. The number of nitrogens with zero attached hydrogens (tertiary/aromatic N) is 2. The Morgan fingerprint density at radius 1 is 0.583 bits per heavy atom. The van der Waals surface area contributed by atoms with Crippen LogP contribution in [0.25, 0.3) is 0 Å². The summed E-state index contributed by atoms with van der Waals surface area (Å²) in [4.78, 5) is 10.8. The molecule has 2 aromatic rings. The molecule has 120 valence electrons. The van der Waals surface area contributed by atoms with E-state index in [4.69, 9.17) is 9.68 Å². The molecule has 0 bridgehead atoms. The fourth-order valence-electron chi connectivity index (χ4n) is 2.12. The summed E-state index contributed by atoms with van der Waals surface area (Å²) in [5, 5.41) is 8.31. The van der Waals surface area contributed by atoms with Gasteiger partial charge in [-0.1, -0.05) is 83.1 Å². The average molecular weight is 318 g/mol. The van der Waals surface area contributed by atoms with E-state index in [2.05, 4.69) is 10.3 Å². The highest BCUT2D eigenvalue weighted by atomic mass is 16.6. The van der Waals surface area contributed by atoms with Gasteiger partial charge in [-0.3, -0.25) is 0 Å². The van der Waals surface area contributed by atoms with Crippen molar-refractivity contribution in [2.45, 2.75) is 13.2 Å². The molecule has 1 aliphatic carbocycles. The van der Waals surface area contributed by atoms with Crippen LogP contribution >= 0.6 is 0 Å². The molecule has 0 saturated heterocycles. The quantitative estimate of drug-likeness (QED) is 0.590. The maximum absolute atomic E-state index is 5.42. The van der Waals surface area contributed by atoms with Crippen LogP contribution in [0.2, 0.25) is 0 Å². The maximum Gasteiger partial charge on any atom is 0.142 e. The normalized spacial score (nSPS) is 16.5. The molecule has 3 rings (SSSR count). The zero-order valence-corrected chi connectivity index (χ0v) is 13.2. The van der Waals surface area contributed by atoms with E-state index in [1.165, 1.54) is 0 Å². The predicted molar refractivity (Wildman–Crippen MR) is 95.6 cm³/mol. The third kappa shape index (κ3) is 4.68. The van der Waals surface area contributed by atoms with Gasteiger partial charge in [0.25, 0.3) is 0 Å². The molecule has 0 radical (unpaired) electrons. The van der Waals surface area contributed by atoms with Crippen LogP contribution in [-0.4, -0.2) is 11.4 Å². The van der Waals surface area contributed by atoms with Crippen molar-refractivity contribution >= 4 is 11.4 Å². The lowest BCUT2D eigenvalue weighted by Gasteiger charge is -2.06. The fourth-order valence-corrected chi connectivity index (χ4v) is 2.12. The first kappa shape index (κ1) is 15.7. The van der Waals surface area contributed by atoms with Gasteiger partial charge in [0.2, 0.25) is 0 Å². The lowest BCUT2D eigenvalue weighted by atomic mass is 10.1. The molecular weight excluding hydrogens is 300 g/mol. The molecule has 0 aliphatic heterocycles. The van der Waals surface area contributed by atoms with Crippen LogP contribution in [0.4, 0.5) is 0 Å². The lowest BCUT2D eigenvalue weighted by molar-refractivity contribution is 0.128. The second-order valence-corrected chi connectivity index (χ2v) is 5.19. The zero-order valence-electron chi connectivity index (χ0n) is 13.2. The number of allylic oxidation sites excluding steroid dienone is 4. The van der Waals surface area contributed by atoms with Gasteiger partial charge < -0.3 is 9.68 Å². The van der Waals surface area contributed by atoms with Crippen molar-refractivity contribution in [2.24, 2.45) is 10.3 Å². The van der Waals surface area contributed by atoms with Crippen molar-refractivity contribution in [1.29, 1.82) is 0 Å². The Morgan fingerprint density at radius 2 is 1.00 bits per heavy atom. The van der Waals surface area contributed by atoms with E-state index < -0.39 is 0 Å². The van der Waals surface area contributed by atoms with Crippen molar-refractivity contribution in [3.05, 3.63) is 96.1 Å². The van der Waals surface area contributed by atoms with Crippen LogP contribution in [0.1, 0.15) is 11.1 Å². The van der Waals surface area contributed by atoms with Gasteiger partial charge in [0.1, 0.15) is 24.6 Å². The van der Waals surface area contributed by atoms with Crippen molar-refractivity contribution in [1.82, 2.24) is 0 Å². The Balaban J connectivity index is 1.58. The molecule has 0 heterocycles. The van der Waals surface area contributed by atoms with Crippen molar-refractivity contribution in [2.75, 3.05) is 0 Å². The summed E-state index contributed by atoms with van der Waals surface area (Å²) < 4.78 is 0. The highest BCUT2D eigenvalue weighted by Crippen LogP contribution is 2.05. The molecule has 0 spiro atoms. The minimum absolute atomic E-state index is 0.417. The largest absolute Gasteiger partial charge is 0.390 e. The first-order chi connectivity index (χ1) is 11.9. The van der Waals surface area contributed by atoms with Crippen LogP contribution in [0.3, 0.4) is 0 Å². The van der Waals surface area contributed by atoms with Crippen LogP contribution in [0.5, 0.6) is 0 Å². The second-order valence-electron chi connectivity index (χ2n) is 5.19. The molecule has 0 atom stereocenters. The van der Waals surface area contributed by atoms with Gasteiger partial charge >= 0.3 is 0 Å². The molecule has 4 heteroatoms. The summed E-state index contributed by atoms with van der Waals surface area (Å²) in [7, 11) is 0. The summed E-state index contributed by atoms with van der Waals surface area (Å²) in [6.07, 6.45) is 7.47. The first-order valence-electron chi connectivity index (χ1n) is 7.75. The third-order valence-corrected chi connectivity index (χ3v) is 3.36. The van der Waals surface area contributed by atoms with Gasteiger partial charge in [0.15, 0.2) is 0 Å². The standard InChI is InChI=1S/C20H18N2O2/c1-3-9-17(10-4-1)15-23-21-19-13-7-8-14-20(19)22-24-16-18-11-5-2-6-12-18/h1-14H,15-16H2. The molecule has 0 amide bonds. The summed E-state index contributed by atoms with van der Waals surface area (Å²) in [6, 6.07) is 19.8. The van der Waals surface area contributed by atoms with Crippen LogP contribution in [0.15, 0.2) is 95.3 Å². The van der Waals surface area contributed by atoms with Gasteiger partial charge in [-0.15, -0.1) is 0 Å². The molecule has 0 fully saturated rings. The Hall–Kier alpha value is -3.14. The summed E-state index contributed by atoms with van der Waals surface area (Å²) in [6.45, 7) is 0.833. The molecule has 0 N–H and O–H groups in total. The molecule has 0 saturated carbocycles. The lowest BCUT2D eigenvalue weighted by Crippen LogP contribution is -2.12. The highest BCUT2D eigenvalue weighted by molar-refractivity contribution is 6.50. The molecule has 4 nitrogen and oxygen atoms in total. The van der Waals surface area contributed by atoms with Gasteiger partial charge in [-0.2, -0.15) is 0 Å². The monoisotopic (exact) mass is 318 g/mol.